The average Bonchev–Trinajstić information content (AvgIpc) is 2.41. The van der Waals surface area contributed by atoms with Crippen LogP contribution in [0.5, 0.6) is 0 Å². The van der Waals surface area contributed by atoms with Crippen LogP contribution in [0.25, 0.3) is 0 Å². The van der Waals surface area contributed by atoms with Crippen molar-refractivity contribution in [2.75, 3.05) is 7.05 Å². The molecule has 19 heavy (non-hydrogen) atoms. The fourth-order valence-electron chi connectivity index (χ4n) is 2.59. The molecule has 0 aromatic heterocycles. The number of rotatable bonds is 3. The lowest BCUT2D eigenvalue weighted by atomic mass is 9.94. The Balaban J connectivity index is 1.96. The highest BCUT2D eigenvalue weighted by Crippen LogP contribution is 2.28. The summed E-state index contributed by atoms with van der Waals surface area (Å²) in [6.07, 6.45) is 5.25. The van der Waals surface area contributed by atoms with E-state index in [-0.39, 0.29) is 5.91 Å². The largest absolute Gasteiger partial charge is 0.341 e. The van der Waals surface area contributed by atoms with Crippen LogP contribution in [0.3, 0.4) is 0 Å². The van der Waals surface area contributed by atoms with Crippen LogP contribution in [-0.4, -0.2) is 28.7 Å². The Bertz CT molecular complexity index is 432. The van der Waals surface area contributed by atoms with E-state index in [1.807, 2.05) is 36.2 Å². The fraction of sp³-hybridized carbons (Fsp3) is 0.533. The van der Waals surface area contributed by atoms with Gasteiger partial charge in [-0.2, -0.15) is 0 Å². The van der Waals surface area contributed by atoms with Crippen molar-refractivity contribution < 1.29 is 4.79 Å². The van der Waals surface area contributed by atoms with Crippen molar-refractivity contribution in [2.45, 2.75) is 43.0 Å². The van der Waals surface area contributed by atoms with Crippen LogP contribution in [0, 0.1) is 0 Å². The van der Waals surface area contributed by atoms with Crippen LogP contribution in [0.1, 0.15) is 31.2 Å². The maximum Gasteiger partial charge on any atom is 0.227 e. The first-order chi connectivity index (χ1) is 9.08. The van der Waals surface area contributed by atoms with Crippen LogP contribution in [0.2, 0.25) is 0 Å². The van der Waals surface area contributed by atoms with Gasteiger partial charge in [0, 0.05) is 22.4 Å². The van der Waals surface area contributed by atoms with Crippen molar-refractivity contribution >= 4 is 37.8 Å². The third kappa shape index (κ3) is 4.06. The molecule has 1 aromatic carbocycles. The summed E-state index contributed by atoms with van der Waals surface area (Å²) < 4.78 is 1.05. The number of alkyl halides is 1. The van der Waals surface area contributed by atoms with E-state index in [0.29, 0.717) is 17.3 Å². The van der Waals surface area contributed by atoms with Crippen molar-refractivity contribution in [1.82, 2.24) is 4.90 Å². The summed E-state index contributed by atoms with van der Waals surface area (Å²) in [5.41, 5.74) is 1.07. The molecule has 0 radical (unpaired) electrons. The maximum absolute atomic E-state index is 12.3. The van der Waals surface area contributed by atoms with E-state index < -0.39 is 0 Å². The molecule has 1 aliphatic rings. The van der Waals surface area contributed by atoms with Crippen molar-refractivity contribution in [3.05, 3.63) is 34.3 Å². The first kappa shape index (κ1) is 15.0. The van der Waals surface area contributed by atoms with E-state index in [0.717, 1.165) is 16.5 Å². The minimum absolute atomic E-state index is 0.207. The van der Waals surface area contributed by atoms with E-state index in [1.165, 1.54) is 19.3 Å². The quantitative estimate of drug-likeness (QED) is 0.712. The summed E-state index contributed by atoms with van der Waals surface area (Å²) in [6, 6.07) is 8.31. The van der Waals surface area contributed by atoms with Gasteiger partial charge in [-0.1, -0.05) is 56.8 Å². The van der Waals surface area contributed by atoms with E-state index >= 15 is 0 Å². The van der Waals surface area contributed by atoms with Gasteiger partial charge in [-0.05, 0) is 30.5 Å². The first-order valence-electron chi connectivity index (χ1n) is 6.72. The van der Waals surface area contributed by atoms with Crippen LogP contribution in [0.15, 0.2) is 28.7 Å². The van der Waals surface area contributed by atoms with Gasteiger partial charge >= 0.3 is 0 Å². The molecule has 1 aromatic rings. The summed E-state index contributed by atoms with van der Waals surface area (Å²) >= 11 is 7.13. The Morgan fingerprint density at radius 1 is 1.26 bits per heavy atom. The monoisotopic (exact) mass is 387 g/mol. The van der Waals surface area contributed by atoms with Gasteiger partial charge in [-0.15, -0.1) is 0 Å². The number of amides is 1. The smallest absolute Gasteiger partial charge is 0.227 e. The molecular formula is C15H19Br2NO. The van der Waals surface area contributed by atoms with Crippen LogP contribution in [0.4, 0.5) is 0 Å². The van der Waals surface area contributed by atoms with Gasteiger partial charge in [0.1, 0.15) is 0 Å². The van der Waals surface area contributed by atoms with Gasteiger partial charge in [-0.3, -0.25) is 4.79 Å². The Hall–Kier alpha value is -0.350. The number of halogens is 2. The lowest BCUT2D eigenvalue weighted by molar-refractivity contribution is -0.131. The second kappa shape index (κ2) is 6.89. The topological polar surface area (TPSA) is 20.3 Å². The lowest BCUT2D eigenvalue weighted by Gasteiger charge is -2.35. The number of likely N-dealkylation sites (N-methyl/N-ethyl adjacent to an activating group) is 1. The molecule has 0 N–H and O–H groups in total. The standard InChI is InChI=1S/C15H19Br2NO/c1-18(14-5-3-2-4-13(14)17)15(19)10-11-6-8-12(16)9-7-11/h6-9,13-14H,2-5,10H2,1H3. The number of hydrogen-bond acceptors (Lipinski definition) is 1. The highest BCUT2D eigenvalue weighted by atomic mass is 79.9. The number of carbonyl (C=O) groups excluding carboxylic acids is 1. The minimum atomic E-state index is 0.207. The van der Waals surface area contributed by atoms with Crippen LogP contribution >= 0.6 is 31.9 Å². The summed E-state index contributed by atoms with van der Waals surface area (Å²) in [6.45, 7) is 0. The molecule has 1 fully saturated rings. The predicted molar refractivity (Wildman–Crippen MR) is 85.6 cm³/mol. The highest BCUT2D eigenvalue weighted by molar-refractivity contribution is 9.10. The zero-order valence-corrected chi connectivity index (χ0v) is 14.3. The second-order valence-corrected chi connectivity index (χ2v) is 7.27. The van der Waals surface area contributed by atoms with Crippen molar-refractivity contribution in [1.29, 1.82) is 0 Å². The number of benzene rings is 1. The molecule has 1 amide bonds. The van der Waals surface area contributed by atoms with Gasteiger partial charge in [0.05, 0.1) is 6.42 Å². The maximum atomic E-state index is 12.3. The van der Waals surface area contributed by atoms with E-state index in [9.17, 15) is 4.79 Å². The molecule has 1 aliphatic carbocycles. The predicted octanol–water partition coefficient (Wildman–Crippen LogP) is 4.16. The average molecular weight is 389 g/mol. The molecule has 0 bridgehead atoms. The lowest BCUT2D eigenvalue weighted by Crippen LogP contribution is -2.44. The fourth-order valence-corrected chi connectivity index (χ4v) is 3.80. The Labute approximate surface area is 131 Å². The first-order valence-corrected chi connectivity index (χ1v) is 8.43. The summed E-state index contributed by atoms with van der Waals surface area (Å²) in [5.74, 6) is 0.207. The zero-order chi connectivity index (χ0) is 13.8. The normalized spacial score (nSPS) is 23.1. The molecule has 2 atom stereocenters. The SMILES string of the molecule is CN(C(=O)Cc1ccc(Br)cc1)C1CCCCC1Br. The molecule has 0 heterocycles. The van der Waals surface area contributed by atoms with E-state index in [2.05, 4.69) is 31.9 Å². The molecule has 4 heteroatoms. The van der Waals surface area contributed by atoms with Crippen molar-refractivity contribution in [2.24, 2.45) is 0 Å². The third-order valence-electron chi connectivity index (χ3n) is 3.81. The molecule has 2 unspecified atom stereocenters. The molecule has 104 valence electrons. The summed E-state index contributed by atoms with van der Waals surface area (Å²) in [4.78, 5) is 14.7. The second-order valence-electron chi connectivity index (χ2n) is 5.18. The molecule has 0 spiro atoms. The van der Waals surface area contributed by atoms with Crippen LogP contribution in [-0.2, 0) is 11.2 Å². The summed E-state index contributed by atoms with van der Waals surface area (Å²) in [5, 5.41) is 0. The molecule has 2 nitrogen and oxygen atoms in total. The van der Waals surface area contributed by atoms with E-state index in [4.69, 9.17) is 0 Å². The third-order valence-corrected chi connectivity index (χ3v) is 5.40. The van der Waals surface area contributed by atoms with E-state index in [1.54, 1.807) is 0 Å². The summed E-state index contributed by atoms with van der Waals surface area (Å²) in [7, 11) is 1.94. The number of hydrogen-bond donors (Lipinski definition) is 0. The molecule has 0 saturated heterocycles. The molecular weight excluding hydrogens is 370 g/mol. The number of carbonyl (C=O) groups is 1. The Morgan fingerprint density at radius 2 is 1.89 bits per heavy atom. The van der Waals surface area contributed by atoms with Crippen LogP contribution < -0.4 is 0 Å². The highest BCUT2D eigenvalue weighted by Gasteiger charge is 2.28. The van der Waals surface area contributed by atoms with Crippen molar-refractivity contribution in [3.63, 3.8) is 0 Å². The Kier molecular flexibility index (Phi) is 5.46. The van der Waals surface area contributed by atoms with Crippen molar-refractivity contribution in [3.8, 4) is 0 Å². The molecule has 0 aliphatic heterocycles. The van der Waals surface area contributed by atoms with Gasteiger partial charge in [-0.25, -0.2) is 0 Å². The molecule has 1 saturated carbocycles. The molecule has 2 rings (SSSR count). The zero-order valence-electron chi connectivity index (χ0n) is 11.1. The van der Waals surface area contributed by atoms with Gasteiger partial charge < -0.3 is 4.90 Å². The van der Waals surface area contributed by atoms with Gasteiger partial charge in [0.15, 0.2) is 0 Å². The minimum Gasteiger partial charge on any atom is -0.341 e. The Morgan fingerprint density at radius 3 is 2.53 bits per heavy atom. The van der Waals surface area contributed by atoms with Gasteiger partial charge in [0.2, 0.25) is 5.91 Å². The van der Waals surface area contributed by atoms with Gasteiger partial charge in [0.25, 0.3) is 0 Å². The number of nitrogens with zero attached hydrogens (tertiary/aromatic N) is 1.